The number of anilines is 1. The lowest BCUT2D eigenvalue weighted by molar-refractivity contribution is 0.100. The van der Waals surface area contributed by atoms with E-state index in [9.17, 15) is 4.79 Å². The Labute approximate surface area is 130 Å². The van der Waals surface area contributed by atoms with Crippen molar-refractivity contribution in [1.29, 1.82) is 0 Å². The summed E-state index contributed by atoms with van der Waals surface area (Å²) in [5.41, 5.74) is 8.49. The first-order valence-corrected chi connectivity index (χ1v) is 7.28. The van der Waals surface area contributed by atoms with Crippen LogP contribution in [0.15, 0.2) is 48.5 Å². The molecule has 2 rings (SSSR count). The van der Waals surface area contributed by atoms with Gasteiger partial charge in [0.05, 0.1) is 13.0 Å². The monoisotopic (exact) mass is 300 g/mol. The van der Waals surface area contributed by atoms with Gasteiger partial charge in [0.25, 0.3) is 0 Å². The predicted molar refractivity (Wildman–Crippen MR) is 86.9 cm³/mol. The van der Waals surface area contributed by atoms with E-state index in [4.69, 9.17) is 17.3 Å². The van der Waals surface area contributed by atoms with E-state index in [2.05, 4.69) is 11.7 Å². The number of nitrogens with one attached hydrogen (secondary N) is 1. The molecule has 3 N–H and O–H groups in total. The third-order valence-corrected chi connectivity index (χ3v) is 3.18. The number of Topliss-reactive ketones (excluding diaryl/α,β-unsaturated/α-hetero) is 1. The quantitative estimate of drug-likeness (QED) is 0.610. The van der Waals surface area contributed by atoms with Gasteiger partial charge in [0.2, 0.25) is 0 Å². The Kier molecular flexibility index (Phi) is 5.78. The van der Waals surface area contributed by atoms with Gasteiger partial charge in [-0.15, -0.1) is 11.6 Å². The molecule has 0 aromatic heterocycles. The number of ketones is 1. The average Bonchev–Trinajstić information content (AvgIpc) is 2.53. The van der Waals surface area contributed by atoms with Crippen LogP contribution < -0.4 is 11.1 Å². The lowest BCUT2D eigenvalue weighted by atomic mass is 9.95. The second kappa shape index (κ2) is 7.81. The number of rotatable bonds is 7. The summed E-state index contributed by atoms with van der Waals surface area (Å²) in [7, 11) is 0. The second-order valence-corrected chi connectivity index (χ2v) is 4.84. The maximum absolute atomic E-state index is 12.2. The molecule has 0 saturated carbocycles. The van der Waals surface area contributed by atoms with Crippen LogP contribution in [-0.2, 0) is 0 Å². The molecule has 0 bridgehead atoms. The second-order valence-electron chi connectivity index (χ2n) is 4.46. The molecule has 2 radical (unpaired) electrons. The Balaban J connectivity index is 2.37. The van der Waals surface area contributed by atoms with Crippen LogP contribution in [0.3, 0.4) is 0 Å². The van der Waals surface area contributed by atoms with Gasteiger partial charge in [0.15, 0.2) is 5.78 Å². The molecule has 2 aromatic carbocycles. The zero-order chi connectivity index (χ0) is 15.1. The molecule has 0 unspecified atom stereocenters. The van der Waals surface area contributed by atoms with Crippen LogP contribution in [0, 0.1) is 6.42 Å². The van der Waals surface area contributed by atoms with E-state index in [0.29, 0.717) is 18.0 Å². The minimum absolute atomic E-state index is 0.0387. The molecule has 0 aliphatic heterocycles. The molecular weight excluding hydrogens is 284 g/mol. The highest BCUT2D eigenvalue weighted by molar-refractivity contribution is 6.18. The normalized spacial score (nSPS) is 10.4. The van der Waals surface area contributed by atoms with Gasteiger partial charge in [-0.25, -0.2) is 0 Å². The fraction of sp³-hybridized carbons (Fsp3) is 0.176. The van der Waals surface area contributed by atoms with Gasteiger partial charge in [-0.1, -0.05) is 42.5 Å². The number of benzene rings is 2. The topological polar surface area (TPSA) is 55.1 Å². The number of carbonyl (C=O) groups excluding carboxylic acids is 1. The third-order valence-electron chi connectivity index (χ3n) is 2.99. The number of hydrogen-bond acceptors (Lipinski definition) is 3. The molecule has 2 aromatic rings. The van der Waals surface area contributed by atoms with Crippen molar-refractivity contribution in [3.63, 3.8) is 0 Å². The van der Waals surface area contributed by atoms with Gasteiger partial charge in [-0.05, 0) is 17.2 Å². The molecule has 21 heavy (non-hydrogen) atoms. The van der Waals surface area contributed by atoms with Crippen LogP contribution >= 0.6 is 11.6 Å². The van der Waals surface area contributed by atoms with E-state index in [1.54, 1.807) is 0 Å². The van der Waals surface area contributed by atoms with Crippen molar-refractivity contribution < 1.29 is 4.79 Å². The van der Waals surface area contributed by atoms with Crippen LogP contribution in [0.5, 0.6) is 0 Å². The Hall–Kier alpha value is -1.84. The van der Waals surface area contributed by atoms with E-state index >= 15 is 0 Å². The van der Waals surface area contributed by atoms with Crippen LogP contribution in [-0.4, -0.2) is 24.8 Å². The molecule has 0 amide bonds. The van der Waals surface area contributed by atoms with E-state index in [-0.39, 0.29) is 12.3 Å². The lowest BCUT2D eigenvalue weighted by Crippen LogP contribution is -2.18. The number of hydrogen-bond donors (Lipinski definition) is 2. The first kappa shape index (κ1) is 15.5. The summed E-state index contributed by atoms with van der Waals surface area (Å²) < 4.78 is 0. The van der Waals surface area contributed by atoms with Crippen LogP contribution in [0.2, 0.25) is 0 Å². The van der Waals surface area contributed by atoms with Gasteiger partial charge in [0, 0.05) is 23.7 Å². The smallest absolute Gasteiger partial charge is 0.178 e. The minimum Gasteiger partial charge on any atom is -0.383 e. The van der Waals surface area contributed by atoms with E-state index in [1.165, 1.54) is 0 Å². The van der Waals surface area contributed by atoms with Crippen LogP contribution in [0.1, 0.15) is 21.5 Å². The van der Waals surface area contributed by atoms with Crippen molar-refractivity contribution in [2.75, 3.05) is 24.3 Å². The first-order valence-electron chi connectivity index (χ1n) is 6.74. The molecule has 108 valence electrons. The van der Waals surface area contributed by atoms with E-state index in [0.717, 1.165) is 16.8 Å². The van der Waals surface area contributed by atoms with Crippen LogP contribution in [0.4, 0.5) is 5.69 Å². The number of nitrogens with two attached hydrogens (primary N) is 1. The highest BCUT2D eigenvalue weighted by Crippen LogP contribution is 2.24. The Morgan fingerprint density at radius 2 is 1.90 bits per heavy atom. The summed E-state index contributed by atoms with van der Waals surface area (Å²) in [6, 6.07) is 15.3. The standard InChI is InChI=1S/C17H17ClN2O/c18-9-10-20-15-8-4-7-14(17(15)16(21)12-19)11-13-5-2-1-3-6-13/h1-8,20H,9-10,12,19H2. The van der Waals surface area contributed by atoms with E-state index < -0.39 is 0 Å². The maximum atomic E-state index is 12.2. The van der Waals surface area contributed by atoms with Gasteiger partial charge in [-0.3, -0.25) is 4.79 Å². The predicted octanol–water partition coefficient (Wildman–Crippen LogP) is 2.96. The van der Waals surface area contributed by atoms with Crippen molar-refractivity contribution in [2.24, 2.45) is 5.73 Å². The Bertz CT molecular complexity index is 599. The highest BCUT2D eigenvalue weighted by atomic mass is 35.5. The van der Waals surface area contributed by atoms with Gasteiger partial charge < -0.3 is 11.1 Å². The zero-order valence-corrected chi connectivity index (χ0v) is 12.4. The number of alkyl halides is 1. The molecule has 3 nitrogen and oxygen atoms in total. The van der Waals surface area contributed by atoms with Crippen molar-refractivity contribution in [3.05, 3.63) is 71.6 Å². The lowest BCUT2D eigenvalue weighted by Gasteiger charge is -2.14. The number of halogens is 1. The summed E-state index contributed by atoms with van der Waals surface area (Å²) in [6.45, 7) is 0.546. The van der Waals surface area contributed by atoms with Crippen molar-refractivity contribution in [2.45, 2.75) is 0 Å². The summed E-state index contributed by atoms with van der Waals surface area (Å²) >= 11 is 5.70. The average molecular weight is 301 g/mol. The van der Waals surface area contributed by atoms with Gasteiger partial charge in [-0.2, -0.15) is 0 Å². The van der Waals surface area contributed by atoms with Crippen molar-refractivity contribution in [1.82, 2.24) is 0 Å². The summed E-state index contributed by atoms with van der Waals surface area (Å²) in [6.07, 6.45) is 3.26. The molecule has 0 atom stereocenters. The summed E-state index contributed by atoms with van der Waals surface area (Å²) in [5.74, 6) is 0.346. The Morgan fingerprint density at radius 3 is 2.57 bits per heavy atom. The zero-order valence-electron chi connectivity index (χ0n) is 11.6. The molecule has 0 saturated heterocycles. The Morgan fingerprint density at radius 1 is 1.14 bits per heavy atom. The molecule has 0 spiro atoms. The molecule has 0 heterocycles. The summed E-state index contributed by atoms with van der Waals surface area (Å²) in [4.78, 5) is 12.2. The van der Waals surface area contributed by atoms with Gasteiger partial charge >= 0.3 is 0 Å². The van der Waals surface area contributed by atoms with E-state index in [1.807, 2.05) is 48.5 Å². The molecule has 0 aliphatic carbocycles. The molecular formula is C17H17ClN2O. The highest BCUT2D eigenvalue weighted by Gasteiger charge is 2.15. The maximum Gasteiger partial charge on any atom is 0.178 e. The van der Waals surface area contributed by atoms with Crippen molar-refractivity contribution >= 4 is 23.1 Å². The van der Waals surface area contributed by atoms with Crippen LogP contribution in [0.25, 0.3) is 0 Å². The fourth-order valence-electron chi connectivity index (χ4n) is 2.07. The van der Waals surface area contributed by atoms with Crippen molar-refractivity contribution in [3.8, 4) is 0 Å². The van der Waals surface area contributed by atoms with Gasteiger partial charge in [0.1, 0.15) is 0 Å². The molecule has 4 heteroatoms. The first-order chi connectivity index (χ1) is 10.3. The molecule has 0 fully saturated rings. The number of carbonyl (C=O) groups is 1. The minimum atomic E-state index is -0.119. The SMILES string of the molecule is NCC(=O)c1c([C]c2ccccc2)cccc1NCCCl. The third kappa shape index (κ3) is 4.06. The molecule has 0 aliphatic rings. The largest absolute Gasteiger partial charge is 0.383 e. The fourth-order valence-corrected chi connectivity index (χ4v) is 2.16. The summed E-state index contributed by atoms with van der Waals surface area (Å²) in [5, 5.41) is 3.16.